The summed E-state index contributed by atoms with van der Waals surface area (Å²) in [7, 11) is 0. The second-order valence-electron chi connectivity index (χ2n) is 2.71. The first-order valence-corrected chi connectivity index (χ1v) is 5.12. The van der Waals surface area contributed by atoms with Gasteiger partial charge in [-0.1, -0.05) is 11.6 Å². The molecule has 2 aromatic rings. The van der Waals surface area contributed by atoms with Crippen molar-refractivity contribution in [2.75, 3.05) is 0 Å². The van der Waals surface area contributed by atoms with Crippen molar-refractivity contribution in [1.29, 1.82) is 0 Å². The van der Waals surface area contributed by atoms with Crippen LogP contribution in [0.1, 0.15) is 5.69 Å². The normalized spacial score (nSPS) is 10.6. The molecule has 0 fully saturated rings. The van der Waals surface area contributed by atoms with Gasteiger partial charge >= 0.3 is 0 Å². The van der Waals surface area contributed by atoms with Crippen molar-refractivity contribution in [3.05, 3.63) is 34.3 Å². The van der Waals surface area contributed by atoms with Gasteiger partial charge in [-0.05, 0) is 24.3 Å². The molecule has 0 aromatic carbocycles. The van der Waals surface area contributed by atoms with Gasteiger partial charge in [0.05, 0.1) is 14.9 Å². The third-order valence-electron chi connectivity index (χ3n) is 1.80. The van der Waals surface area contributed by atoms with Crippen LogP contribution in [0.3, 0.4) is 0 Å². The molecular formula is C9H9ClN2S. The van der Waals surface area contributed by atoms with Crippen molar-refractivity contribution >= 4 is 22.9 Å². The molecule has 2 rings (SSSR count). The summed E-state index contributed by atoms with van der Waals surface area (Å²) >= 11 is 7.39. The molecule has 2 aromatic heterocycles. The van der Waals surface area contributed by atoms with Crippen LogP contribution in [-0.2, 0) is 6.54 Å². The zero-order valence-electron chi connectivity index (χ0n) is 6.88. The predicted molar refractivity (Wildman–Crippen MR) is 57.0 cm³/mol. The predicted octanol–water partition coefficient (Wildman–Crippen LogP) is 2.86. The highest BCUT2D eigenvalue weighted by molar-refractivity contribution is 7.19. The highest BCUT2D eigenvalue weighted by atomic mass is 35.5. The lowest BCUT2D eigenvalue weighted by Crippen LogP contribution is -1.95. The van der Waals surface area contributed by atoms with Crippen LogP contribution in [0.2, 0.25) is 4.34 Å². The minimum absolute atomic E-state index is 0.541. The molecule has 0 unspecified atom stereocenters. The fourth-order valence-corrected chi connectivity index (χ4v) is 2.19. The molecule has 0 spiro atoms. The number of H-pyrrole nitrogens is 1. The Hall–Kier alpha value is -0.770. The van der Waals surface area contributed by atoms with Crippen LogP contribution in [0.15, 0.2) is 24.3 Å². The minimum atomic E-state index is 0.541. The van der Waals surface area contributed by atoms with E-state index in [1.54, 1.807) is 11.3 Å². The molecule has 0 aliphatic carbocycles. The first-order chi connectivity index (χ1) is 6.29. The highest BCUT2D eigenvalue weighted by Gasteiger charge is 2.03. The van der Waals surface area contributed by atoms with Crippen LogP contribution >= 0.6 is 22.9 Å². The molecule has 0 aliphatic rings. The van der Waals surface area contributed by atoms with E-state index < -0.39 is 0 Å². The maximum Gasteiger partial charge on any atom is 0.0935 e. The van der Waals surface area contributed by atoms with Crippen molar-refractivity contribution in [2.24, 2.45) is 5.73 Å². The molecule has 4 heteroatoms. The quantitative estimate of drug-likeness (QED) is 0.790. The highest BCUT2D eigenvalue weighted by Crippen LogP contribution is 2.30. The lowest BCUT2D eigenvalue weighted by molar-refractivity contribution is 1.01. The average molecular weight is 213 g/mol. The number of rotatable bonds is 2. The molecule has 3 N–H and O–H groups in total. The molecule has 0 aliphatic heterocycles. The number of hydrogen-bond donors (Lipinski definition) is 2. The number of nitrogens with two attached hydrogens (primary N) is 1. The van der Waals surface area contributed by atoms with E-state index >= 15 is 0 Å². The first-order valence-electron chi connectivity index (χ1n) is 3.93. The van der Waals surface area contributed by atoms with E-state index in [1.807, 2.05) is 24.3 Å². The van der Waals surface area contributed by atoms with E-state index in [0.29, 0.717) is 6.54 Å². The lowest BCUT2D eigenvalue weighted by Gasteiger charge is -1.91. The van der Waals surface area contributed by atoms with E-state index in [4.69, 9.17) is 17.3 Å². The maximum absolute atomic E-state index is 5.83. The summed E-state index contributed by atoms with van der Waals surface area (Å²) in [5.74, 6) is 0. The van der Waals surface area contributed by atoms with Crippen LogP contribution in [-0.4, -0.2) is 4.98 Å². The van der Waals surface area contributed by atoms with Crippen LogP contribution < -0.4 is 5.73 Å². The summed E-state index contributed by atoms with van der Waals surface area (Å²) in [5, 5.41) is 0. The monoisotopic (exact) mass is 212 g/mol. The molecule has 2 heterocycles. The second kappa shape index (κ2) is 3.54. The zero-order chi connectivity index (χ0) is 9.26. The van der Waals surface area contributed by atoms with Crippen LogP contribution in [0.5, 0.6) is 0 Å². The van der Waals surface area contributed by atoms with Crippen molar-refractivity contribution in [2.45, 2.75) is 6.54 Å². The van der Waals surface area contributed by atoms with E-state index in [9.17, 15) is 0 Å². The largest absolute Gasteiger partial charge is 0.357 e. The van der Waals surface area contributed by atoms with Gasteiger partial charge in [-0.15, -0.1) is 11.3 Å². The first kappa shape index (κ1) is 8.81. The molecule has 2 nitrogen and oxygen atoms in total. The third-order valence-corrected chi connectivity index (χ3v) is 3.07. The van der Waals surface area contributed by atoms with Gasteiger partial charge in [-0.3, -0.25) is 0 Å². The van der Waals surface area contributed by atoms with Gasteiger partial charge in [0.25, 0.3) is 0 Å². The van der Waals surface area contributed by atoms with Crippen molar-refractivity contribution in [3.63, 3.8) is 0 Å². The number of nitrogens with one attached hydrogen (secondary N) is 1. The zero-order valence-corrected chi connectivity index (χ0v) is 8.45. The number of aromatic amines is 1. The van der Waals surface area contributed by atoms with Gasteiger partial charge in [0.1, 0.15) is 0 Å². The van der Waals surface area contributed by atoms with Crippen molar-refractivity contribution < 1.29 is 0 Å². The van der Waals surface area contributed by atoms with Crippen LogP contribution in [0, 0.1) is 0 Å². The standard InChI is InChI=1S/C9H9ClN2S/c10-9-4-3-8(13-9)7-2-1-6(5-11)12-7/h1-4,12H,5,11H2. The van der Waals surface area contributed by atoms with E-state index in [0.717, 1.165) is 20.6 Å². The maximum atomic E-state index is 5.83. The fourth-order valence-electron chi connectivity index (χ4n) is 1.16. The molecule has 13 heavy (non-hydrogen) atoms. The molecule has 68 valence electrons. The van der Waals surface area contributed by atoms with Crippen molar-refractivity contribution in [1.82, 2.24) is 4.98 Å². The Morgan fingerprint density at radius 2 is 2.15 bits per heavy atom. The Labute approximate surface area is 85.3 Å². The minimum Gasteiger partial charge on any atom is -0.357 e. The molecular weight excluding hydrogens is 204 g/mol. The molecule has 0 bridgehead atoms. The van der Waals surface area contributed by atoms with Gasteiger partial charge in [0, 0.05) is 12.2 Å². The molecule has 0 amide bonds. The SMILES string of the molecule is NCc1ccc(-c2ccc(Cl)s2)[nH]1. The average Bonchev–Trinajstić information content (AvgIpc) is 2.71. The summed E-state index contributed by atoms with van der Waals surface area (Å²) < 4.78 is 0.805. The number of thiophene rings is 1. The summed E-state index contributed by atoms with van der Waals surface area (Å²) in [6, 6.07) is 7.90. The second-order valence-corrected chi connectivity index (χ2v) is 4.42. The van der Waals surface area contributed by atoms with Crippen molar-refractivity contribution in [3.8, 4) is 10.6 Å². The Kier molecular flexibility index (Phi) is 2.40. The smallest absolute Gasteiger partial charge is 0.0935 e. The summed E-state index contributed by atoms with van der Waals surface area (Å²) in [4.78, 5) is 4.36. The fraction of sp³-hybridized carbons (Fsp3) is 0.111. The van der Waals surface area contributed by atoms with E-state index in [-0.39, 0.29) is 0 Å². The molecule has 0 radical (unpaired) electrons. The number of halogens is 1. The summed E-state index contributed by atoms with van der Waals surface area (Å²) in [5.41, 5.74) is 7.61. The third kappa shape index (κ3) is 1.77. The van der Waals surface area contributed by atoms with Crippen LogP contribution in [0.25, 0.3) is 10.6 Å². The Bertz CT molecular complexity index is 405. The molecule has 0 saturated carbocycles. The summed E-state index contributed by atoms with van der Waals surface area (Å²) in [6.07, 6.45) is 0. The van der Waals surface area contributed by atoms with Crippen LogP contribution in [0.4, 0.5) is 0 Å². The molecule has 0 atom stereocenters. The van der Waals surface area contributed by atoms with Gasteiger partial charge in [-0.2, -0.15) is 0 Å². The summed E-state index contributed by atoms with van der Waals surface area (Å²) in [6.45, 7) is 0.541. The Morgan fingerprint density at radius 1 is 1.31 bits per heavy atom. The van der Waals surface area contributed by atoms with Gasteiger partial charge in [0.15, 0.2) is 0 Å². The van der Waals surface area contributed by atoms with Gasteiger partial charge in [-0.25, -0.2) is 0 Å². The number of hydrogen-bond acceptors (Lipinski definition) is 2. The van der Waals surface area contributed by atoms with E-state index in [2.05, 4.69) is 4.98 Å². The number of aromatic nitrogens is 1. The van der Waals surface area contributed by atoms with Gasteiger partial charge in [0.2, 0.25) is 0 Å². The van der Waals surface area contributed by atoms with Gasteiger partial charge < -0.3 is 10.7 Å². The molecule has 0 saturated heterocycles. The Morgan fingerprint density at radius 3 is 2.69 bits per heavy atom. The Balaban J connectivity index is 2.35. The lowest BCUT2D eigenvalue weighted by atomic mass is 10.3. The van der Waals surface area contributed by atoms with E-state index in [1.165, 1.54) is 0 Å². The topological polar surface area (TPSA) is 41.8 Å².